The molecule has 1 saturated heterocycles. The molecule has 31 heavy (non-hydrogen) atoms. The van der Waals surface area contributed by atoms with Crippen molar-refractivity contribution in [2.45, 2.75) is 11.5 Å². The highest BCUT2D eigenvalue weighted by molar-refractivity contribution is 14.1. The number of imide groups is 1. The standard InChI is InChI=1S/C24H15IN2O4/c25-13-9-11-14(12-10-13)26-22(28)20-19-15-5-1-3-7-17(15)24(27(30)31,21(20)23(26)29)18-8-4-2-6-16(18)19/h1-12,19-21H/t19?,20-,21+,24?/m0/s1. The summed E-state index contributed by atoms with van der Waals surface area (Å²) >= 11 is 2.15. The zero-order valence-electron chi connectivity index (χ0n) is 16.1. The Morgan fingerprint density at radius 1 is 0.839 bits per heavy atom. The van der Waals surface area contributed by atoms with Crippen molar-refractivity contribution in [3.05, 3.63) is 109 Å². The number of hydrogen-bond acceptors (Lipinski definition) is 4. The number of carbonyl (C=O) groups excluding carboxylic acids is 2. The Kier molecular flexibility index (Phi) is 3.75. The molecule has 0 unspecified atom stereocenters. The molecule has 0 spiro atoms. The number of hydrogen-bond donors (Lipinski definition) is 0. The molecule has 6 nitrogen and oxygen atoms in total. The van der Waals surface area contributed by atoms with Crippen molar-refractivity contribution in [3.8, 4) is 0 Å². The van der Waals surface area contributed by atoms with Gasteiger partial charge in [0.15, 0.2) is 0 Å². The molecule has 0 aromatic heterocycles. The van der Waals surface area contributed by atoms with Crippen molar-refractivity contribution in [1.29, 1.82) is 0 Å². The van der Waals surface area contributed by atoms with E-state index in [1.54, 1.807) is 36.4 Å². The van der Waals surface area contributed by atoms with E-state index >= 15 is 0 Å². The van der Waals surface area contributed by atoms with Gasteiger partial charge in [0.2, 0.25) is 11.8 Å². The minimum atomic E-state index is -1.78. The van der Waals surface area contributed by atoms with Gasteiger partial charge in [-0.1, -0.05) is 48.5 Å². The van der Waals surface area contributed by atoms with Crippen LogP contribution in [0.25, 0.3) is 0 Å². The second-order valence-corrected chi connectivity index (χ2v) is 9.41. The van der Waals surface area contributed by atoms with E-state index in [9.17, 15) is 19.7 Å². The molecule has 2 atom stereocenters. The predicted octanol–water partition coefficient (Wildman–Crippen LogP) is 4.08. The lowest BCUT2D eigenvalue weighted by Crippen LogP contribution is -2.57. The molecule has 3 aromatic rings. The zero-order chi connectivity index (χ0) is 21.5. The van der Waals surface area contributed by atoms with Crippen molar-refractivity contribution < 1.29 is 14.5 Å². The molecule has 152 valence electrons. The van der Waals surface area contributed by atoms with E-state index in [-0.39, 0.29) is 16.7 Å². The molecule has 2 amide bonds. The Morgan fingerprint density at radius 2 is 1.39 bits per heavy atom. The summed E-state index contributed by atoms with van der Waals surface area (Å²) in [5, 5.41) is 12.9. The number of nitro groups is 1. The number of rotatable bonds is 2. The fourth-order valence-electron chi connectivity index (χ4n) is 5.89. The number of anilines is 1. The summed E-state index contributed by atoms with van der Waals surface area (Å²) in [7, 11) is 0. The minimum absolute atomic E-state index is 0.347. The summed E-state index contributed by atoms with van der Waals surface area (Å²) in [5.74, 6) is -3.13. The highest BCUT2D eigenvalue weighted by atomic mass is 127. The first-order valence-electron chi connectivity index (χ1n) is 9.94. The molecule has 1 fully saturated rings. The predicted molar refractivity (Wildman–Crippen MR) is 121 cm³/mol. The van der Waals surface area contributed by atoms with Gasteiger partial charge < -0.3 is 0 Å². The maximum atomic E-state index is 13.8. The van der Waals surface area contributed by atoms with Gasteiger partial charge in [0.25, 0.3) is 5.54 Å². The third-order valence-corrected chi connectivity index (χ3v) is 7.67. The highest BCUT2D eigenvalue weighted by Gasteiger charge is 2.74. The van der Waals surface area contributed by atoms with Gasteiger partial charge in [0.05, 0.1) is 11.6 Å². The summed E-state index contributed by atoms with van der Waals surface area (Å²) in [6, 6.07) is 21.5. The molecule has 1 heterocycles. The molecule has 1 aliphatic heterocycles. The Morgan fingerprint density at radius 3 is 1.94 bits per heavy atom. The third-order valence-electron chi connectivity index (χ3n) is 6.95. The molecule has 7 heteroatoms. The SMILES string of the molecule is O=C1[C@H]2C3c4ccccc4C([N+](=O)[O-])(c4ccccc43)[C@H]2C(=O)N1c1ccc(I)cc1. The summed E-state index contributed by atoms with van der Waals surface area (Å²) < 4.78 is 0.972. The zero-order valence-corrected chi connectivity index (χ0v) is 18.2. The molecule has 3 aliphatic carbocycles. The fraction of sp³-hybridized carbons (Fsp3) is 0.167. The molecule has 4 aliphatic rings. The lowest BCUT2D eigenvalue weighted by molar-refractivity contribution is -0.578. The quantitative estimate of drug-likeness (QED) is 0.220. The van der Waals surface area contributed by atoms with Gasteiger partial charge in [0, 0.05) is 25.5 Å². The average Bonchev–Trinajstić information content (AvgIpc) is 3.05. The van der Waals surface area contributed by atoms with E-state index in [1.807, 2.05) is 36.4 Å². The number of amides is 2. The van der Waals surface area contributed by atoms with Gasteiger partial charge in [-0.25, -0.2) is 4.90 Å². The minimum Gasteiger partial charge on any atom is -0.274 e. The van der Waals surface area contributed by atoms with Crippen molar-refractivity contribution in [1.82, 2.24) is 0 Å². The van der Waals surface area contributed by atoms with E-state index in [2.05, 4.69) is 22.6 Å². The largest absolute Gasteiger partial charge is 0.285 e. The van der Waals surface area contributed by atoms with Crippen LogP contribution in [0.1, 0.15) is 28.2 Å². The molecule has 0 radical (unpaired) electrons. The fourth-order valence-corrected chi connectivity index (χ4v) is 6.25. The van der Waals surface area contributed by atoms with Crippen LogP contribution in [0.15, 0.2) is 72.8 Å². The van der Waals surface area contributed by atoms with Gasteiger partial charge in [-0.3, -0.25) is 19.7 Å². The van der Waals surface area contributed by atoms with Crippen LogP contribution in [0.5, 0.6) is 0 Å². The molecular formula is C24H15IN2O4. The van der Waals surface area contributed by atoms with Gasteiger partial charge in [-0.2, -0.15) is 0 Å². The van der Waals surface area contributed by atoms with Crippen molar-refractivity contribution in [3.63, 3.8) is 0 Å². The van der Waals surface area contributed by atoms with Gasteiger partial charge >= 0.3 is 0 Å². The van der Waals surface area contributed by atoms with E-state index in [4.69, 9.17) is 0 Å². The first-order chi connectivity index (χ1) is 15.0. The number of benzene rings is 3. The summed E-state index contributed by atoms with van der Waals surface area (Å²) in [6.07, 6.45) is 0. The van der Waals surface area contributed by atoms with Crippen LogP contribution in [0.4, 0.5) is 5.69 Å². The molecular weight excluding hydrogens is 507 g/mol. The van der Waals surface area contributed by atoms with E-state index in [1.165, 1.54) is 0 Å². The van der Waals surface area contributed by atoms with Crippen LogP contribution >= 0.6 is 22.6 Å². The van der Waals surface area contributed by atoms with Crippen LogP contribution in [-0.4, -0.2) is 16.7 Å². The van der Waals surface area contributed by atoms with E-state index in [0.29, 0.717) is 16.8 Å². The van der Waals surface area contributed by atoms with Crippen LogP contribution < -0.4 is 4.90 Å². The Labute approximate surface area is 191 Å². The summed E-state index contributed by atoms with van der Waals surface area (Å²) in [4.78, 5) is 41.1. The lowest BCUT2D eigenvalue weighted by Gasteiger charge is -2.48. The van der Waals surface area contributed by atoms with Crippen LogP contribution in [0, 0.1) is 25.5 Å². The first-order valence-corrected chi connectivity index (χ1v) is 11.0. The van der Waals surface area contributed by atoms with Crippen molar-refractivity contribution >= 4 is 40.1 Å². The normalized spacial score (nSPS) is 27.6. The highest BCUT2D eigenvalue weighted by Crippen LogP contribution is 2.64. The summed E-state index contributed by atoms with van der Waals surface area (Å²) in [5.41, 5.74) is 1.26. The van der Waals surface area contributed by atoms with Gasteiger partial charge in [-0.05, 0) is 58.0 Å². The van der Waals surface area contributed by atoms with Gasteiger partial charge in [0.1, 0.15) is 5.92 Å². The maximum Gasteiger partial charge on any atom is 0.285 e. The molecule has 7 rings (SSSR count). The number of halogens is 1. The third kappa shape index (κ3) is 2.12. The Balaban J connectivity index is 1.67. The van der Waals surface area contributed by atoms with Crippen LogP contribution in [-0.2, 0) is 15.1 Å². The van der Waals surface area contributed by atoms with Crippen LogP contribution in [0.3, 0.4) is 0 Å². The molecule has 3 aromatic carbocycles. The second-order valence-electron chi connectivity index (χ2n) is 8.17. The van der Waals surface area contributed by atoms with Crippen LogP contribution in [0.2, 0.25) is 0 Å². The number of nitrogens with zero attached hydrogens (tertiary/aromatic N) is 2. The van der Waals surface area contributed by atoms with E-state index < -0.39 is 23.3 Å². The van der Waals surface area contributed by atoms with E-state index in [0.717, 1.165) is 19.6 Å². The van der Waals surface area contributed by atoms with Gasteiger partial charge in [-0.15, -0.1) is 0 Å². The second kappa shape index (κ2) is 6.23. The molecule has 0 N–H and O–H groups in total. The van der Waals surface area contributed by atoms with Crippen molar-refractivity contribution in [2.24, 2.45) is 11.8 Å². The smallest absolute Gasteiger partial charge is 0.274 e. The lowest BCUT2D eigenvalue weighted by atomic mass is 9.51. The monoisotopic (exact) mass is 522 g/mol. The maximum absolute atomic E-state index is 13.8. The molecule has 2 bridgehead atoms. The summed E-state index contributed by atoms with van der Waals surface area (Å²) in [6.45, 7) is 0. The number of carbonyl (C=O) groups is 2. The molecule has 0 saturated carbocycles. The topological polar surface area (TPSA) is 80.5 Å². The average molecular weight is 522 g/mol. The Hall–Kier alpha value is -3.07. The van der Waals surface area contributed by atoms with Crippen molar-refractivity contribution in [2.75, 3.05) is 4.90 Å². The Bertz CT molecular complexity index is 1260. The first kappa shape index (κ1) is 18.7.